The van der Waals surface area contributed by atoms with E-state index in [9.17, 15) is 9.90 Å². The first-order valence-corrected chi connectivity index (χ1v) is 9.33. The number of hydrogen-bond donors (Lipinski definition) is 2. The van der Waals surface area contributed by atoms with Crippen molar-refractivity contribution in [1.82, 2.24) is 4.57 Å². The van der Waals surface area contributed by atoms with Gasteiger partial charge in [0.15, 0.2) is 0 Å². The summed E-state index contributed by atoms with van der Waals surface area (Å²) >= 11 is 0. The molecule has 0 spiro atoms. The molecule has 0 aliphatic carbocycles. The number of unbranched alkanes of at least 4 members (excludes halogenated alkanes) is 3. The van der Waals surface area contributed by atoms with E-state index in [1.807, 2.05) is 13.1 Å². The maximum atomic E-state index is 10.5. The molecule has 1 rings (SSSR count). The number of carboxylic acids is 1. The number of allylic oxidation sites excluding steroid dienone is 2. The number of aliphatic hydroxyl groups is 1. The van der Waals surface area contributed by atoms with Crippen molar-refractivity contribution >= 4 is 12.0 Å². The van der Waals surface area contributed by atoms with E-state index in [4.69, 9.17) is 5.11 Å². The second-order valence-electron chi connectivity index (χ2n) is 6.64. The molecule has 0 aliphatic heterocycles. The second-order valence-corrected chi connectivity index (χ2v) is 6.64. The number of aliphatic hydroxyl groups excluding tert-OH is 1. The lowest BCUT2D eigenvalue weighted by atomic mass is 10.0. The minimum absolute atomic E-state index is 0.101. The first-order valence-electron chi connectivity index (χ1n) is 9.33. The summed E-state index contributed by atoms with van der Waals surface area (Å²) in [6.07, 6.45) is 16.6. The molecule has 0 aromatic carbocycles. The zero-order chi connectivity index (χ0) is 18.7. The SMILES string of the molecule is CCCCC/C=C\Cc1c(/C=C/[C@@H](O)CCCC(=O)O)cn(C)c1C. The van der Waals surface area contributed by atoms with Crippen molar-refractivity contribution in [2.75, 3.05) is 0 Å². The van der Waals surface area contributed by atoms with E-state index in [1.165, 1.54) is 30.5 Å². The monoisotopic (exact) mass is 347 g/mol. The summed E-state index contributed by atoms with van der Waals surface area (Å²) in [5.74, 6) is -0.817. The molecule has 0 aliphatic rings. The number of hydrogen-bond acceptors (Lipinski definition) is 2. The van der Waals surface area contributed by atoms with Crippen molar-refractivity contribution in [3.63, 3.8) is 0 Å². The number of nitrogens with zero attached hydrogens (tertiary/aromatic N) is 1. The Labute approximate surface area is 151 Å². The van der Waals surface area contributed by atoms with Crippen LogP contribution in [0.25, 0.3) is 6.08 Å². The molecule has 0 saturated carbocycles. The van der Waals surface area contributed by atoms with Gasteiger partial charge in [0.05, 0.1) is 6.10 Å². The van der Waals surface area contributed by atoms with Crippen LogP contribution in [-0.2, 0) is 18.3 Å². The molecular weight excluding hydrogens is 314 g/mol. The predicted octanol–water partition coefficient (Wildman–Crippen LogP) is 4.64. The zero-order valence-corrected chi connectivity index (χ0v) is 15.9. The fraction of sp³-hybridized carbons (Fsp3) is 0.571. The third-order valence-electron chi connectivity index (χ3n) is 4.50. The first kappa shape index (κ1) is 21.2. The fourth-order valence-electron chi connectivity index (χ4n) is 2.82. The van der Waals surface area contributed by atoms with Crippen molar-refractivity contribution in [2.45, 2.75) is 71.3 Å². The van der Waals surface area contributed by atoms with Gasteiger partial charge in [-0.2, -0.15) is 0 Å². The lowest BCUT2D eigenvalue weighted by molar-refractivity contribution is -0.137. The molecule has 1 heterocycles. The summed E-state index contributed by atoms with van der Waals surface area (Å²) in [7, 11) is 2.03. The quantitative estimate of drug-likeness (QED) is 0.428. The van der Waals surface area contributed by atoms with Gasteiger partial charge >= 0.3 is 5.97 Å². The largest absolute Gasteiger partial charge is 0.481 e. The van der Waals surface area contributed by atoms with E-state index in [-0.39, 0.29) is 6.42 Å². The van der Waals surface area contributed by atoms with Crippen molar-refractivity contribution in [3.8, 4) is 0 Å². The molecule has 2 N–H and O–H groups in total. The summed E-state index contributed by atoms with van der Waals surface area (Å²) in [6, 6.07) is 0. The first-order chi connectivity index (χ1) is 12.0. The van der Waals surface area contributed by atoms with Gasteiger partial charge in [-0.15, -0.1) is 0 Å². The molecule has 140 valence electrons. The van der Waals surface area contributed by atoms with E-state index < -0.39 is 12.1 Å². The third kappa shape index (κ3) is 8.21. The Morgan fingerprint density at radius 2 is 2.04 bits per heavy atom. The summed E-state index contributed by atoms with van der Waals surface area (Å²) in [5.41, 5.74) is 3.64. The zero-order valence-electron chi connectivity index (χ0n) is 15.9. The minimum atomic E-state index is -0.817. The Kier molecular flexibility index (Phi) is 9.93. The Hall–Kier alpha value is -1.81. The number of carboxylic acid groups (broad SMARTS) is 1. The topological polar surface area (TPSA) is 62.5 Å². The van der Waals surface area contributed by atoms with Gasteiger partial charge in [0.25, 0.3) is 0 Å². The lowest BCUT2D eigenvalue weighted by Gasteiger charge is -2.04. The highest BCUT2D eigenvalue weighted by molar-refractivity contribution is 5.66. The average molecular weight is 347 g/mol. The summed E-state index contributed by atoms with van der Waals surface area (Å²) in [6.45, 7) is 4.33. The van der Waals surface area contributed by atoms with Crippen LogP contribution in [0.1, 0.15) is 68.7 Å². The highest BCUT2D eigenvalue weighted by Crippen LogP contribution is 2.20. The lowest BCUT2D eigenvalue weighted by Crippen LogP contribution is -2.03. The Balaban J connectivity index is 2.62. The minimum Gasteiger partial charge on any atom is -0.481 e. The van der Waals surface area contributed by atoms with Gasteiger partial charge < -0.3 is 14.8 Å². The standard InChI is InChI=1S/C21H33NO3/c1-4-5-6-7-8-9-12-20-17(2)22(3)16-18(20)14-15-19(23)11-10-13-21(24)25/h8-9,14-16,19,23H,4-7,10-13H2,1-3H3,(H,24,25)/b9-8-,15-14+/t19-/m0/s1. The van der Waals surface area contributed by atoms with Crippen LogP contribution in [0.4, 0.5) is 0 Å². The second kappa shape index (κ2) is 11.7. The third-order valence-corrected chi connectivity index (χ3v) is 4.50. The molecule has 0 amide bonds. The van der Waals surface area contributed by atoms with E-state index in [0.29, 0.717) is 12.8 Å². The Morgan fingerprint density at radius 3 is 2.72 bits per heavy atom. The molecule has 0 saturated heterocycles. The summed E-state index contributed by atoms with van der Waals surface area (Å²) in [4.78, 5) is 10.5. The highest BCUT2D eigenvalue weighted by atomic mass is 16.4. The van der Waals surface area contributed by atoms with Gasteiger partial charge in [0.2, 0.25) is 0 Å². The van der Waals surface area contributed by atoms with Crippen molar-refractivity contribution in [1.29, 1.82) is 0 Å². The van der Waals surface area contributed by atoms with Gasteiger partial charge in [0, 0.05) is 25.4 Å². The summed E-state index contributed by atoms with van der Waals surface area (Å²) in [5, 5.41) is 18.6. The molecule has 1 aromatic rings. The van der Waals surface area contributed by atoms with Crippen LogP contribution < -0.4 is 0 Å². The van der Waals surface area contributed by atoms with Crippen LogP contribution in [-0.4, -0.2) is 26.9 Å². The van der Waals surface area contributed by atoms with Crippen molar-refractivity contribution in [3.05, 3.63) is 41.2 Å². The van der Waals surface area contributed by atoms with Gasteiger partial charge in [-0.3, -0.25) is 4.79 Å². The highest BCUT2D eigenvalue weighted by Gasteiger charge is 2.08. The molecule has 1 atom stereocenters. The normalized spacial score (nSPS) is 13.1. The summed E-state index contributed by atoms with van der Waals surface area (Å²) < 4.78 is 2.11. The van der Waals surface area contributed by atoms with E-state index >= 15 is 0 Å². The number of carbonyl (C=O) groups is 1. The number of aromatic nitrogens is 1. The maximum Gasteiger partial charge on any atom is 0.303 e. The number of aryl methyl sites for hydroxylation is 1. The molecule has 25 heavy (non-hydrogen) atoms. The Morgan fingerprint density at radius 1 is 1.28 bits per heavy atom. The predicted molar refractivity (Wildman–Crippen MR) is 104 cm³/mol. The van der Waals surface area contributed by atoms with E-state index in [1.54, 1.807) is 6.08 Å². The van der Waals surface area contributed by atoms with Gasteiger partial charge in [-0.1, -0.05) is 44.1 Å². The molecule has 0 unspecified atom stereocenters. The molecular formula is C21H33NO3. The van der Waals surface area contributed by atoms with Crippen LogP contribution in [0.2, 0.25) is 0 Å². The molecule has 4 heteroatoms. The van der Waals surface area contributed by atoms with Gasteiger partial charge in [0.1, 0.15) is 0 Å². The average Bonchev–Trinajstić information content (AvgIpc) is 2.83. The number of rotatable bonds is 12. The Bertz CT molecular complexity index is 584. The van der Waals surface area contributed by atoms with Crippen LogP contribution in [0.5, 0.6) is 0 Å². The van der Waals surface area contributed by atoms with Crippen LogP contribution >= 0.6 is 0 Å². The van der Waals surface area contributed by atoms with Crippen molar-refractivity contribution < 1.29 is 15.0 Å². The van der Waals surface area contributed by atoms with Gasteiger partial charge in [-0.25, -0.2) is 0 Å². The number of aliphatic carboxylic acids is 1. The van der Waals surface area contributed by atoms with Gasteiger partial charge in [-0.05, 0) is 50.2 Å². The van der Waals surface area contributed by atoms with Crippen molar-refractivity contribution in [2.24, 2.45) is 7.05 Å². The van der Waals surface area contributed by atoms with E-state index in [0.717, 1.165) is 18.4 Å². The molecule has 0 bridgehead atoms. The molecule has 1 aromatic heterocycles. The molecule has 0 fully saturated rings. The van der Waals surface area contributed by atoms with Crippen LogP contribution in [0.3, 0.4) is 0 Å². The molecule has 0 radical (unpaired) electrons. The van der Waals surface area contributed by atoms with Crippen LogP contribution in [0.15, 0.2) is 24.4 Å². The molecule has 4 nitrogen and oxygen atoms in total. The fourth-order valence-corrected chi connectivity index (χ4v) is 2.82. The van der Waals surface area contributed by atoms with Crippen LogP contribution in [0, 0.1) is 6.92 Å². The van der Waals surface area contributed by atoms with E-state index in [2.05, 4.69) is 36.8 Å². The maximum absolute atomic E-state index is 10.5. The smallest absolute Gasteiger partial charge is 0.303 e.